The summed E-state index contributed by atoms with van der Waals surface area (Å²) in [6.45, 7) is 0. The second-order valence-electron chi connectivity index (χ2n) is 13.6. The quantitative estimate of drug-likeness (QED) is 0.182. The van der Waals surface area contributed by atoms with Gasteiger partial charge in [0.15, 0.2) is 0 Å². The van der Waals surface area contributed by atoms with Crippen molar-refractivity contribution in [3.63, 3.8) is 0 Å². The highest BCUT2D eigenvalue weighted by Gasteiger charge is 2.21. The molecule has 0 aliphatic carbocycles. The number of aromatic nitrogens is 3. The topological polar surface area (TPSA) is 35.9 Å². The molecule has 0 saturated carbocycles. The lowest BCUT2D eigenvalue weighted by atomic mass is 9.99. The number of nitrogens with zero attached hydrogens (tertiary/aromatic N) is 3. The molecule has 0 saturated heterocycles. The molecule has 0 bridgehead atoms. The fourth-order valence-corrected chi connectivity index (χ4v) is 8.10. The number of hydrogen-bond donors (Lipinski definition) is 0. The zero-order valence-corrected chi connectivity index (χ0v) is 28.6. The van der Waals surface area contributed by atoms with Crippen LogP contribution in [0.25, 0.3) is 99.8 Å². The van der Waals surface area contributed by atoms with Gasteiger partial charge >= 0.3 is 0 Å². The maximum atomic E-state index is 6.55. The molecule has 0 aliphatic rings. The molecule has 0 spiro atoms. The van der Waals surface area contributed by atoms with Crippen LogP contribution in [0.1, 0.15) is 0 Å². The predicted octanol–water partition coefficient (Wildman–Crippen LogP) is 13.0. The van der Waals surface area contributed by atoms with Gasteiger partial charge in [0, 0.05) is 38.5 Å². The van der Waals surface area contributed by atoms with Crippen molar-refractivity contribution in [3.05, 3.63) is 188 Å². The van der Waals surface area contributed by atoms with Gasteiger partial charge in [-0.2, -0.15) is 0 Å². The smallest absolute Gasteiger partial charge is 0.145 e. The molecule has 248 valence electrons. The average molecular weight is 678 g/mol. The van der Waals surface area contributed by atoms with E-state index in [0.717, 1.165) is 66.8 Å². The first kappa shape index (κ1) is 29.5. The molecule has 0 unspecified atom stereocenters. The Hall–Kier alpha value is -7.17. The van der Waals surface area contributed by atoms with Crippen molar-refractivity contribution in [2.45, 2.75) is 0 Å². The summed E-state index contributed by atoms with van der Waals surface area (Å²) in [4.78, 5) is 5.07. The predicted molar refractivity (Wildman–Crippen MR) is 219 cm³/mol. The van der Waals surface area contributed by atoms with Crippen molar-refractivity contribution in [2.75, 3.05) is 0 Å². The van der Waals surface area contributed by atoms with Gasteiger partial charge in [-0.05, 0) is 95.1 Å². The molecule has 3 heterocycles. The van der Waals surface area contributed by atoms with Crippen LogP contribution in [0.4, 0.5) is 0 Å². The lowest BCUT2D eigenvalue weighted by Crippen LogP contribution is -1.99. The number of fused-ring (bicyclic) bond motifs is 8. The highest BCUT2D eigenvalue weighted by Crippen LogP contribution is 2.43. The van der Waals surface area contributed by atoms with E-state index in [-0.39, 0.29) is 0 Å². The minimum Gasteiger partial charge on any atom is -0.456 e. The van der Waals surface area contributed by atoms with Crippen LogP contribution < -0.4 is 0 Å². The molecule has 4 heteroatoms. The highest BCUT2D eigenvalue weighted by molar-refractivity contribution is 6.28. The van der Waals surface area contributed by atoms with E-state index in [0.29, 0.717) is 0 Å². The molecule has 0 amide bonds. The SMILES string of the molecule is c1ccc(-c2ccc3oc4ccc5c(c6cc(-c7ccccc7)ccc6n5-c5ccc(-n6c(-c7ccccc7)nc7ccccc76)cc5)c4c3c2)cc1. The molecule has 11 aromatic rings. The molecule has 11 rings (SSSR count). The van der Waals surface area contributed by atoms with Crippen molar-refractivity contribution < 1.29 is 4.42 Å². The fraction of sp³-hybridized carbons (Fsp3) is 0. The summed E-state index contributed by atoms with van der Waals surface area (Å²) >= 11 is 0. The minimum atomic E-state index is 0.887. The summed E-state index contributed by atoms with van der Waals surface area (Å²) < 4.78 is 11.2. The van der Waals surface area contributed by atoms with Crippen LogP contribution in [0.2, 0.25) is 0 Å². The molecule has 4 nitrogen and oxygen atoms in total. The monoisotopic (exact) mass is 677 g/mol. The first-order chi connectivity index (χ1) is 26.3. The zero-order chi connectivity index (χ0) is 34.9. The van der Waals surface area contributed by atoms with Gasteiger partial charge in [-0.1, -0.05) is 115 Å². The van der Waals surface area contributed by atoms with Gasteiger partial charge in [-0.3, -0.25) is 4.57 Å². The Labute approximate surface area is 305 Å². The van der Waals surface area contributed by atoms with Gasteiger partial charge in [0.25, 0.3) is 0 Å². The highest BCUT2D eigenvalue weighted by atomic mass is 16.3. The molecule has 0 aliphatic heterocycles. The van der Waals surface area contributed by atoms with Crippen molar-refractivity contribution in [1.82, 2.24) is 14.1 Å². The van der Waals surface area contributed by atoms with E-state index in [9.17, 15) is 0 Å². The summed E-state index contributed by atoms with van der Waals surface area (Å²) in [5.41, 5.74) is 14.1. The number of furan rings is 1. The van der Waals surface area contributed by atoms with Gasteiger partial charge in [-0.15, -0.1) is 0 Å². The largest absolute Gasteiger partial charge is 0.456 e. The maximum absolute atomic E-state index is 6.55. The van der Waals surface area contributed by atoms with Crippen molar-refractivity contribution >= 4 is 54.8 Å². The van der Waals surface area contributed by atoms with E-state index in [1.54, 1.807) is 0 Å². The first-order valence-electron chi connectivity index (χ1n) is 18.0. The van der Waals surface area contributed by atoms with Crippen molar-refractivity contribution in [2.24, 2.45) is 0 Å². The maximum Gasteiger partial charge on any atom is 0.145 e. The average Bonchev–Trinajstić information content (AvgIpc) is 3.91. The number of hydrogen-bond acceptors (Lipinski definition) is 2. The second-order valence-corrected chi connectivity index (χ2v) is 13.6. The number of para-hydroxylation sites is 2. The molecule has 8 aromatic carbocycles. The van der Waals surface area contributed by atoms with Crippen molar-refractivity contribution in [1.29, 1.82) is 0 Å². The summed E-state index contributed by atoms with van der Waals surface area (Å²) in [6.07, 6.45) is 0. The molecule has 0 radical (unpaired) electrons. The Bertz CT molecular complexity index is 3130. The lowest BCUT2D eigenvalue weighted by Gasteiger charge is -2.13. The Morgan fingerprint density at radius 2 is 0.906 bits per heavy atom. The van der Waals surface area contributed by atoms with E-state index in [2.05, 4.69) is 185 Å². The molecule has 0 N–H and O–H groups in total. The van der Waals surface area contributed by atoms with Gasteiger partial charge < -0.3 is 8.98 Å². The van der Waals surface area contributed by atoms with E-state index < -0.39 is 0 Å². The molecular formula is C49H31N3O. The Kier molecular flexibility index (Phi) is 6.52. The van der Waals surface area contributed by atoms with E-state index in [1.165, 1.54) is 33.0 Å². The Morgan fingerprint density at radius 1 is 0.358 bits per heavy atom. The summed E-state index contributed by atoms with van der Waals surface area (Å²) in [7, 11) is 0. The molecule has 53 heavy (non-hydrogen) atoms. The van der Waals surface area contributed by atoms with Gasteiger partial charge in [0.2, 0.25) is 0 Å². The number of benzene rings is 8. The first-order valence-corrected chi connectivity index (χ1v) is 18.0. The number of imidazole rings is 1. The summed E-state index contributed by atoms with van der Waals surface area (Å²) in [5, 5.41) is 4.64. The third-order valence-electron chi connectivity index (χ3n) is 10.5. The molecule has 0 atom stereocenters. The Morgan fingerprint density at radius 3 is 1.60 bits per heavy atom. The fourth-order valence-electron chi connectivity index (χ4n) is 8.10. The van der Waals surface area contributed by atoms with Crippen LogP contribution in [0.5, 0.6) is 0 Å². The van der Waals surface area contributed by atoms with Crippen molar-refractivity contribution in [3.8, 4) is 45.0 Å². The third kappa shape index (κ3) is 4.66. The minimum absolute atomic E-state index is 0.887. The van der Waals surface area contributed by atoms with Crippen LogP contribution in [0, 0.1) is 0 Å². The molecular weight excluding hydrogens is 647 g/mol. The zero-order valence-electron chi connectivity index (χ0n) is 28.6. The second kappa shape index (κ2) is 11.7. The molecule has 0 fully saturated rings. The Balaban J connectivity index is 1.16. The van der Waals surface area contributed by atoms with Crippen LogP contribution >= 0.6 is 0 Å². The number of rotatable bonds is 5. The van der Waals surface area contributed by atoms with Crippen LogP contribution in [0.3, 0.4) is 0 Å². The normalized spacial score (nSPS) is 11.8. The van der Waals surface area contributed by atoms with Gasteiger partial charge in [0.1, 0.15) is 17.0 Å². The van der Waals surface area contributed by atoms with Crippen LogP contribution in [-0.2, 0) is 0 Å². The standard InChI is InChI=1S/C49H31N3O/c1-4-12-32(13-5-1)35-20-26-42-39(30-35)47-44(27-29-46-48(47)40-31-36(21-28-45(40)53-46)33-14-6-2-7-15-33)51(42)37-22-24-38(25-23-37)52-43-19-11-10-18-41(43)50-49(52)34-16-8-3-9-17-34/h1-31H. The summed E-state index contributed by atoms with van der Waals surface area (Å²) in [6, 6.07) is 66.6. The van der Waals surface area contributed by atoms with Crippen LogP contribution in [-0.4, -0.2) is 14.1 Å². The van der Waals surface area contributed by atoms with Gasteiger partial charge in [-0.25, -0.2) is 4.98 Å². The molecule has 3 aromatic heterocycles. The lowest BCUT2D eigenvalue weighted by molar-refractivity contribution is 0.669. The van der Waals surface area contributed by atoms with E-state index in [4.69, 9.17) is 9.40 Å². The van der Waals surface area contributed by atoms with Crippen LogP contribution in [0.15, 0.2) is 192 Å². The van der Waals surface area contributed by atoms with E-state index in [1.807, 2.05) is 12.1 Å². The van der Waals surface area contributed by atoms with Gasteiger partial charge in [0.05, 0.1) is 22.1 Å². The van der Waals surface area contributed by atoms with E-state index >= 15 is 0 Å². The summed E-state index contributed by atoms with van der Waals surface area (Å²) in [5.74, 6) is 0.925. The third-order valence-corrected chi connectivity index (χ3v) is 10.5.